The van der Waals surface area contributed by atoms with Crippen LogP contribution < -0.4 is 4.90 Å². The lowest BCUT2D eigenvalue weighted by Gasteiger charge is -2.22. The van der Waals surface area contributed by atoms with Crippen LogP contribution in [0.4, 0.5) is 5.13 Å². The van der Waals surface area contributed by atoms with Crippen molar-refractivity contribution in [3.8, 4) is 0 Å². The summed E-state index contributed by atoms with van der Waals surface area (Å²) in [5.74, 6) is -1.15. The third-order valence-electron chi connectivity index (χ3n) is 5.48. The van der Waals surface area contributed by atoms with Gasteiger partial charge in [0, 0.05) is 36.1 Å². The molecule has 1 fully saturated rings. The average molecular weight is 502 g/mol. The fourth-order valence-corrected chi connectivity index (χ4v) is 5.56. The van der Waals surface area contributed by atoms with Gasteiger partial charge in [0.2, 0.25) is 5.13 Å². The standard InChI is InChI=1S/C25H19N5O3S2/c1-15-4-6-16(7-5-15)14-34-25-29-28-24(35-25)30-20(18-3-2-10-27-13-18)19(22(32)23(30)33)21(31)17-8-11-26-12-9-17/h2-13,20,31H,14H2,1H3. The largest absolute Gasteiger partial charge is 0.507 e. The van der Waals surface area contributed by atoms with Crippen LogP contribution in [0.1, 0.15) is 28.3 Å². The molecule has 35 heavy (non-hydrogen) atoms. The van der Waals surface area contributed by atoms with Crippen molar-refractivity contribution in [3.63, 3.8) is 0 Å². The number of aryl methyl sites for hydroxylation is 1. The van der Waals surface area contributed by atoms with Gasteiger partial charge in [-0.05, 0) is 36.2 Å². The molecule has 0 saturated carbocycles. The number of amides is 1. The van der Waals surface area contributed by atoms with Gasteiger partial charge in [0.15, 0.2) is 4.34 Å². The molecule has 1 aromatic carbocycles. The maximum Gasteiger partial charge on any atom is 0.301 e. The molecule has 1 unspecified atom stereocenters. The Morgan fingerprint density at radius 2 is 1.80 bits per heavy atom. The highest BCUT2D eigenvalue weighted by Gasteiger charge is 2.48. The minimum atomic E-state index is -0.889. The first kappa shape index (κ1) is 22.9. The van der Waals surface area contributed by atoms with Crippen LogP contribution in [0.5, 0.6) is 0 Å². The van der Waals surface area contributed by atoms with E-state index in [1.807, 2.05) is 6.92 Å². The van der Waals surface area contributed by atoms with Crippen molar-refractivity contribution in [2.75, 3.05) is 4.90 Å². The SMILES string of the molecule is Cc1ccc(CSc2nnc(N3C(=O)C(=O)C(=C(O)c4ccncc4)C3c3cccnc3)s2)cc1. The van der Waals surface area contributed by atoms with E-state index in [0.29, 0.717) is 21.2 Å². The number of thioether (sulfide) groups is 1. The van der Waals surface area contributed by atoms with Crippen LogP contribution in [0.15, 0.2) is 83.2 Å². The molecule has 5 rings (SSSR count). The van der Waals surface area contributed by atoms with Crippen LogP contribution in [-0.2, 0) is 15.3 Å². The normalized spacial score (nSPS) is 17.2. The van der Waals surface area contributed by atoms with Crippen LogP contribution >= 0.6 is 23.1 Å². The molecule has 1 N–H and O–H groups in total. The number of aliphatic hydroxyl groups is 1. The molecule has 4 aromatic rings. The summed E-state index contributed by atoms with van der Waals surface area (Å²) in [4.78, 5) is 35.7. The van der Waals surface area contributed by atoms with Crippen molar-refractivity contribution < 1.29 is 14.7 Å². The number of anilines is 1. The number of pyridine rings is 2. The molecule has 1 amide bonds. The smallest absolute Gasteiger partial charge is 0.301 e. The van der Waals surface area contributed by atoms with E-state index >= 15 is 0 Å². The van der Waals surface area contributed by atoms with Crippen molar-refractivity contribution in [2.45, 2.75) is 23.1 Å². The molecule has 0 aliphatic carbocycles. The van der Waals surface area contributed by atoms with Crippen molar-refractivity contribution in [3.05, 3.63) is 101 Å². The first-order valence-electron chi connectivity index (χ1n) is 10.7. The van der Waals surface area contributed by atoms with Crippen molar-refractivity contribution in [1.82, 2.24) is 20.2 Å². The van der Waals surface area contributed by atoms with Crippen LogP contribution in [0.3, 0.4) is 0 Å². The van der Waals surface area contributed by atoms with Gasteiger partial charge in [0.05, 0.1) is 11.6 Å². The molecule has 10 heteroatoms. The fourth-order valence-electron chi connectivity index (χ4n) is 3.74. The van der Waals surface area contributed by atoms with Crippen LogP contribution in [0.25, 0.3) is 5.76 Å². The number of aliphatic hydroxyl groups excluding tert-OH is 1. The summed E-state index contributed by atoms with van der Waals surface area (Å²) in [6.07, 6.45) is 6.18. The monoisotopic (exact) mass is 501 g/mol. The van der Waals surface area contributed by atoms with E-state index in [0.717, 1.165) is 5.56 Å². The molecule has 0 spiro atoms. The molecule has 3 aromatic heterocycles. The van der Waals surface area contributed by atoms with Gasteiger partial charge in [-0.25, -0.2) is 0 Å². The summed E-state index contributed by atoms with van der Waals surface area (Å²) >= 11 is 2.73. The quantitative estimate of drug-likeness (QED) is 0.135. The number of Topliss-reactive ketones (excluding diaryl/α,β-unsaturated/α-hetero) is 1. The topological polar surface area (TPSA) is 109 Å². The molecule has 1 saturated heterocycles. The van der Waals surface area contributed by atoms with Gasteiger partial charge in [-0.1, -0.05) is 59.0 Å². The number of rotatable bonds is 6. The zero-order chi connectivity index (χ0) is 24.4. The maximum absolute atomic E-state index is 13.2. The zero-order valence-corrected chi connectivity index (χ0v) is 20.2. The second-order valence-electron chi connectivity index (χ2n) is 7.82. The summed E-state index contributed by atoms with van der Waals surface area (Å²) < 4.78 is 0.668. The summed E-state index contributed by atoms with van der Waals surface area (Å²) in [5, 5.41) is 19.8. The Balaban J connectivity index is 1.51. The van der Waals surface area contributed by atoms with E-state index in [9.17, 15) is 14.7 Å². The number of carbonyl (C=O) groups is 2. The Morgan fingerprint density at radius 3 is 2.51 bits per heavy atom. The Kier molecular flexibility index (Phi) is 6.39. The van der Waals surface area contributed by atoms with Gasteiger partial charge in [0.1, 0.15) is 5.76 Å². The lowest BCUT2D eigenvalue weighted by Crippen LogP contribution is -2.29. The number of hydrogen-bond donors (Lipinski definition) is 1. The lowest BCUT2D eigenvalue weighted by atomic mass is 9.97. The Bertz CT molecular complexity index is 1410. The second kappa shape index (κ2) is 9.77. The zero-order valence-electron chi connectivity index (χ0n) is 18.5. The predicted molar refractivity (Wildman–Crippen MR) is 134 cm³/mol. The van der Waals surface area contributed by atoms with E-state index in [4.69, 9.17) is 0 Å². The first-order valence-corrected chi connectivity index (χ1v) is 12.5. The summed E-state index contributed by atoms with van der Waals surface area (Å²) in [5.41, 5.74) is 3.27. The van der Waals surface area contributed by atoms with Crippen molar-refractivity contribution >= 4 is 45.7 Å². The van der Waals surface area contributed by atoms with Crippen LogP contribution in [0, 0.1) is 6.92 Å². The molecule has 8 nitrogen and oxygen atoms in total. The summed E-state index contributed by atoms with van der Waals surface area (Å²) in [7, 11) is 0. The molecular formula is C25H19N5O3S2. The minimum Gasteiger partial charge on any atom is -0.507 e. The fraction of sp³-hybridized carbons (Fsp3) is 0.120. The molecule has 4 heterocycles. The van der Waals surface area contributed by atoms with E-state index < -0.39 is 17.7 Å². The van der Waals surface area contributed by atoms with Gasteiger partial charge in [-0.2, -0.15) is 0 Å². The maximum atomic E-state index is 13.2. The molecule has 1 atom stereocenters. The number of benzene rings is 1. The number of nitrogens with zero attached hydrogens (tertiary/aromatic N) is 5. The number of hydrogen-bond acceptors (Lipinski definition) is 9. The number of ketones is 1. The van der Waals surface area contributed by atoms with Gasteiger partial charge in [-0.15, -0.1) is 10.2 Å². The van der Waals surface area contributed by atoms with E-state index in [1.54, 1.807) is 36.7 Å². The Morgan fingerprint density at radius 1 is 1.03 bits per heavy atom. The van der Waals surface area contributed by atoms with Gasteiger partial charge < -0.3 is 5.11 Å². The van der Waals surface area contributed by atoms with Crippen LogP contribution in [-0.4, -0.2) is 37.0 Å². The highest BCUT2D eigenvalue weighted by atomic mass is 32.2. The molecule has 0 radical (unpaired) electrons. The van der Waals surface area contributed by atoms with Gasteiger partial charge >= 0.3 is 5.91 Å². The second-order valence-corrected chi connectivity index (χ2v) is 9.99. The third kappa shape index (κ3) is 4.58. The minimum absolute atomic E-state index is 0.0294. The Hall–Kier alpha value is -3.89. The third-order valence-corrected chi connectivity index (χ3v) is 7.61. The predicted octanol–water partition coefficient (Wildman–Crippen LogP) is 4.56. The summed E-state index contributed by atoms with van der Waals surface area (Å²) in [6.45, 7) is 2.04. The molecule has 0 bridgehead atoms. The van der Waals surface area contributed by atoms with Gasteiger partial charge in [-0.3, -0.25) is 24.5 Å². The number of aromatic nitrogens is 4. The molecule has 1 aliphatic heterocycles. The van der Waals surface area contributed by atoms with E-state index in [1.165, 1.54) is 46.0 Å². The Labute approximate surface area is 209 Å². The number of carbonyl (C=O) groups excluding carboxylic acids is 2. The van der Waals surface area contributed by atoms with Gasteiger partial charge in [0.25, 0.3) is 5.78 Å². The molecular weight excluding hydrogens is 482 g/mol. The van der Waals surface area contributed by atoms with Crippen molar-refractivity contribution in [2.24, 2.45) is 0 Å². The summed E-state index contributed by atoms with van der Waals surface area (Å²) in [6, 6.07) is 14.0. The highest BCUT2D eigenvalue weighted by Crippen LogP contribution is 2.43. The molecule has 1 aliphatic rings. The first-order chi connectivity index (χ1) is 17.0. The van der Waals surface area contributed by atoms with Crippen molar-refractivity contribution in [1.29, 1.82) is 0 Å². The lowest BCUT2D eigenvalue weighted by molar-refractivity contribution is -0.132. The highest BCUT2D eigenvalue weighted by molar-refractivity contribution is 8.00. The van der Waals surface area contributed by atoms with Crippen LogP contribution in [0.2, 0.25) is 0 Å². The van der Waals surface area contributed by atoms with E-state index in [2.05, 4.69) is 44.4 Å². The molecule has 174 valence electrons. The van der Waals surface area contributed by atoms with E-state index in [-0.39, 0.29) is 16.5 Å². The average Bonchev–Trinajstić information content (AvgIpc) is 3.46.